The fourth-order valence-corrected chi connectivity index (χ4v) is 1.57. The van der Waals surface area contributed by atoms with Crippen molar-refractivity contribution in [2.45, 2.75) is 13.2 Å². The van der Waals surface area contributed by atoms with Crippen LogP contribution in [0.1, 0.15) is 11.1 Å². The molecule has 0 bridgehead atoms. The number of hydrogen-bond donors (Lipinski definition) is 2. The Kier molecular flexibility index (Phi) is 3.62. The normalized spacial score (nSPS) is 10.2. The average molecular weight is 230 g/mol. The molecular weight excluding hydrogens is 216 g/mol. The Labute approximate surface area is 99.9 Å². The third-order valence-electron chi connectivity index (χ3n) is 2.45. The van der Waals surface area contributed by atoms with Crippen LogP contribution in [0.15, 0.2) is 48.5 Å². The highest BCUT2D eigenvalue weighted by molar-refractivity contribution is 5.39. The molecule has 0 radical (unpaired) electrons. The molecule has 2 aromatic rings. The van der Waals surface area contributed by atoms with Gasteiger partial charge < -0.3 is 14.9 Å². The second-order valence-corrected chi connectivity index (χ2v) is 3.72. The van der Waals surface area contributed by atoms with Crippen molar-refractivity contribution >= 4 is 0 Å². The predicted molar refractivity (Wildman–Crippen MR) is 64.8 cm³/mol. The minimum Gasteiger partial charge on any atom is -0.508 e. The molecule has 3 heteroatoms. The SMILES string of the molecule is OCc1cc(O)ccc1OCc1ccccc1. The zero-order valence-electron chi connectivity index (χ0n) is 9.34. The van der Waals surface area contributed by atoms with Crippen molar-refractivity contribution in [3.05, 3.63) is 59.7 Å². The summed E-state index contributed by atoms with van der Waals surface area (Å²) in [5.41, 5.74) is 1.64. The Hall–Kier alpha value is -2.00. The molecule has 2 aromatic carbocycles. The van der Waals surface area contributed by atoms with Crippen LogP contribution >= 0.6 is 0 Å². The number of aromatic hydroxyl groups is 1. The summed E-state index contributed by atoms with van der Waals surface area (Å²) < 4.78 is 5.60. The fraction of sp³-hybridized carbons (Fsp3) is 0.143. The standard InChI is InChI=1S/C14H14O3/c15-9-12-8-13(16)6-7-14(12)17-10-11-4-2-1-3-5-11/h1-8,15-16H,9-10H2. The molecule has 0 fully saturated rings. The summed E-state index contributed by atoms with van der Waals surface area (Å²) in [6.45, 7) is 0.289. The third kappa shape index (κ3) is 2.98. The molecule has 0 aromatic heterocycles. The van der Waals surface area contributed by atoms with Gasteiger partial charge in [0.05, 0.1) is 6.61 Å². The van der Waals surface area contributed by atoms with Crippen LogP contribution in [0.25, 0.3) is 0 Å². The topological polar surface area (TPSA) is 49.7 Å². The first-order chi connectivity index (χ1) is 8.29. The van der Waals surface area contributed by atoms with Crippen molar-refractivity contribution in [2.75, 3.05) is 0 Å². The lowest BCUT2D eigenvalue weighted by molar-refractivity contribution is 0.258. The van der Waals surface area contributed by atoms with E-state index in [2.05, 4.69) is 0 Å². The fourth-order valence-electron chi connectivity index (χ4n) is 1.57. The first kappa shape index (κ1) is 11.5. The molecule has 3 nitrogen and oxygen atoms in total. The lowest BCUT2D eigenvalue weighted by atomic mass is 10.2. The Morgan fingerprint density at radius 1 is 1.00 bits per heavy atom. The Balaban J connectivity index is 2.09. The van der Waals surface area contributed by atoms with Crippen LogP contribution < -0.4 is 4.74 Å². The quantitative estimate of drug-likeness (QED) is 0.848. The molecule has 0 heterocycles. The molecule has 0 spiro atoms. The molecule has 0 amide bonds. The highest BCUT2D eigenvalue weighted by atomic mass is 16.5. The maximum atomic E-state index is 9.29. The van der Waals surface area contributed by atoms with Crippen molar-refractivity contribution < 1.29 is 14.9 Å². The first-order valence-electron chi connectivity index (χ1n) is 5.39. The second-order valence-electron chi connectivity index (χ2n) is 3.72. The molecule has 88 valence electrons. The van der Waals surface area contributed by atoms with Gasteiger partial charge in [0.2, 0.25) is 0 Å². The van der Waals surface area contributed by atoms with E-state index < -0.39 is 0 Å². The van der Waals surface area contributed by atoms with E-state index in [1.165, 1.54) is 6.07 Å². The minimum absolute atomic E-state index is 0.126. The van der Waals surface area contributed by atoms with Gasteiger partial charge in [0.1, 0.15) is 18.1 Å². The Morgan fingerprint density at radius 3 is 2.47 bits per heavy atom. The molecule has 0 saturated heterocycles. The summed E-state index contributed by atoms with van der Waals surface area (Å²) >= 11 is 0. The number of rotatable bonds is 4. The molecule has 0 saturated carbocycles. The van der Waals surface area contributed by atoms with E-state index in [9.17, 15) is 5.11 Å². The molecule has 0 unspecified atom stereocenters. The number of hydrogen-bond acceptors (Lipinski definition) is 3. The lowest BCUT2D eigenvalue weighted by Gasteiger charge is -2.10. The lowest BCUT2D eigenvalue weighted by Crippen LogP contribution is -1.98. The minimum atomic E-state index is -0.154. The molecule has 0 atom stereocenters. The molecular formula is C14H14O3. The van der Waals surface area contributed by atoms with Crippen molar-refractivity contribution in [2.24, 2.45) is 0 Å². The van der Waals surface area contributed by atoms with Gasteiger partial charge in [-0.25, -0.2) is 0 Å². The molecule has 0 aliphatic heterocycles. The zero-order valence-corrected chi connectivity index (χ0v) is 9.34. The molecule has 2 N–H and O–H groups in total. The van der Waals surface area contributed by atoms with Crippen LogP contribution in [-0.4, -0.2) is 10.2 Å². The van der Waals surface area contributed by atoms with E-state index in [4.69, 9.17) is 9.84 Å². The smallest absolute Gasteiger partial charge is 0.125 e. The summed E-state index contributed by atoms with van der Waals surface area (Å²) in [7, 11) is 0. The van der Waals surface area contributed by atoms with Gasteiger partial charge in [0.25, 0.3) is 0 Å². The van der Waals surface area contributed by atoms with Crippen molar-refractivity contribution in [1.82, 2.24) is 0 Å². The third-order valence-corrected chi connectivity index (χ3v) is 2.45. The van der Waals surface area contributed by atoms with Crippen molar-refractivity contribution in [1.29, 1.82) is 0 Å². The Bertz CT molecular complexity index is 480. The van der Waals surface area contributed by atoms with E-state index in [0.29, 0.717) is 17.9 Å². The summed E-state index contributed by atoms with van der Waals surface area (Å²) in [5, 5.41) is 18.4. The number of aliphatic hydroxyl groups is 1. The van der Waals surface area contributed by atoms with E-state index in [-0.39, 0.29) is 12.4 Å². The summed E-state index contributed by atoms with van der Waals surface area (Å²) in [4.78, 5) is 0. The van der Waals surface area contributed by atoms with Gasteiger partial charge >= 0.3 is 0 Å². The maximum absolute atomic E-state index is 9.29. The van der Waals surface area contributed by atoms with Gasteiger partial charge in [-0.15, -0.1) is 0 Å². The van der Waals surface area contributed by atoms with E-state index >= 15 is 0 Å². The molecule has 2 rings (SSSR count). The zero-order chi connectivity index (χ0) is 12.1. The van der Waals surface area contributed by atoms with Gasteiger partial charge in [-0.2, -0.15) is 0 Å². The monoisotopic (exact) mass is 230 g/mol. The number of phenolic OH excluding ortho intramolecular Hbond substituents is 1. The Morgan fingerprint density at radius 2 is 1.76 bits per heavy atom. The van der Waals surface area contributed by atoms with Gasteiger partial charge in [-0.1, -0.05) is 30.3 Å². The van der Waals surface area contributed by atoms with Crippen LogP contribution in [0.2, 0.25) is 0 Å². The van der Waals surface area contributed by atoms with Gasteiger partial charge in [0, 0.05) is 5.56 Å². The van der Waals surface area contributed by atoms with Crippen molar-refractivity contribution in [3.63, 3.8) is 0 Å². The van der Waals surface area contributed by atoms with Crippen LogP contribution in [0.3, 0.4) is 0 Å². The van der Waals surface area contributed by atoms with Crippen LogP contribution in [0.4, 0.5) is 0 Å². The second kappa shape index (κ2) is 5.37. The number of benzene rings is 2. The predicted octanol–water partition coefficient (Wildman–Crippen LogP) is 2.46. The number of aliphatic hydroxyl groups excluding tert-OH is 1. The summed E-state index contributed by atoms with van der Waals surface area (Å²) in [5.74, 6) is 0.718. The largest absolute Gasteiger partial charge is 0.508 e. The van der Waals surface area contributed by atoms with Crippen LogP contribution in [-0.2, 0) is 13.2 Å². The van der Waals surface area contributed by atoms with E-state index in [1.807, 2.05) is 30.3 Å². The van der Waals surface area contributed by atoms with Gasteiger partial charge in [-0.05, 0) is 23.8 Å². The number of ether oxygens (including phenoxy) is 1. The van der Waals surface area contributed by atoms with Crippen LogP contribution in [0.5, 0.6) is 11.5 Å². The highest BCUT2D eigenvalue weighted by Crippen LogP contribution is 2.24. The van der Waals surface area contributed by atoms with E-state index in [1.54, 1.807) is 12.1 Å². The average Bonchev–Trinajstić information content (AvgIpc) is 2.38. The molecule has 17 heavy (non-hydrogen) atoms. The number of phenols is 1. The van der Waals surface area contributed by atoms with E-state index in [0.717, 1.165) is 5.56 Å². The molecule has 0 aliphatic carbocycles. The first-order valence-corrected chi connectivity index (χ1v) is 5.39. The summed E-state index contributed by atoms with van der Waals surface area (Å²) in [6, 6.07) is 14.5. The van der Waals surface area contributed by atoms with Crippen molar-refractivity contribution in [3.8, 4) is 11.5 Å². The van der Waals surface area contributed by atoms with Crippen LogP contribution in [0, 0.1) is 0 Å². The van der Waals surface area contributed by atoms with Gasteiger partial charge in [0.15, 0.2) is 0 Å². The highest BCUT2D eigenvalue weighted by Gasteiger charge is 2.04. The molecule has 0 aliphatic rings. The summed E-state index contributed by atoms with van der Waals surface area (Å²) in [6.07, 6.45) is 0. The maximum Gasteiger partial charge on any atom is 0.125 e. The van der Waals surface area contributed by atoms with Gasteiger partial charge in [-0.3, -0.25) is 0 Å².